The van der Waals surface area contributed by atoms with E-state index in [9.17, 15) is 23.8 Å². The molecule has 0 radical (unpaired) electrons. The van der Waals surface area contributed by atoms with Crippen molar-refractivity contribution >= 4 is 5.82 Å². The summed E-state index contributed by atoms with van der Waals surface area (Å²) in [6.45, 7) is 2.94. The molecule has 2 heterocycles. The fourth-order valence-electron chi connectivity index (χ4n) is 2.27. The summed E-state index contributed by atoms with van der Waals surface area (Å²) in [6, 6.07) is 0. The van der Waals surface area contributed by atoms with E-state index in [1.807, 2.05) is 0 Å². The maximum atomic E-state index is 14.1. The van der Waals surface area contributed by atoms with Crippen LogP contribution in [0.15, 0.2) is 11.0 Å². The summed E-state index contributed by atoms with van der Waals surface area (Å²) in [5.41, 5.74) is 4.93. The van der Waals surface area contributed by atoms with E-state index in [-0.39, 0.29) is 5.82 Å². The number of hydrogen-bond donors (Lipinski definition) is 3. The van der Waals surface area contributed by atoms with E-state index < -0.39 is 36.2 Å². The molecule has 1 aliphatic rings. The number of hydrogen-bond acceptors (Lipinski definition) is 6. The third kappa shape index (κ3) is 2.52. The Balaban J connectivity index is 2.49. The van der Waals surface area contributed by atoms with Crippen LogP contribution in [0.1, 0.15) is 25.6 Å². The van der Waals surface area contributed by atoms with Gasteiger partial charge in [-0.15, -0.1) is 0 Å². The van der Waals surface area contributed by atoms with Gasteiger partial charge in [0.05, 0.1) is 6.10 Å². The molecule has 1 aliphatic heterocycles. The van der Waals surface area contributed by atoms with Gasteiger partial charge in [0.15, 0.2) is 6.10 Å². The van der Waals surface area contributed by atoms with Crippen molar-refractivity contribution in [3.8, 4) is 0 Å². The van der Waals surface area contributed by atoms with Crippen molar-refractivity contribution in [3.63, 3.8) is 0 Å². The number of aliphatic hydroxyl groups excluding tert-OH is 2. The first-order chi connectivity index (χ1) is 9.70. The highest BCUT2D eigenvalue weighted by molar-refractivity contribution is 5.36. The molecule has 21 heavy (non-hydrogen) atoms. The number of anilines is 1. The fraction of sp³-hybridized carbons (Fsp3) is 0.667. The number of nitrogens with two attached hydrogens (primary N) is 1. The van der Waals surface area contributed by atoms with E-state index in [0.717, 1.165) is 6.20 Å². The second-order valence-electron chi connectivity index (χ2n) is 5.01. The lowest BCUT2D eigenvalue weighted by atomic mass is 10.1. The van der Waals surface area contributed by atoms with Gasteiger partial charge in [-0.2, -0.15) is 13.8 Å². The first-order valence-electron chi connectivity index (χ1n) is 6.47. The molecule has 1 aromatic heterocycles. The number of nitrogens with zero attached hydrogens (tertiary/aromatic N) is 2. The Bertz CT molecular complexity index is 590. The minimum Gasteiger partial charge on any atom is -0.391 e. The van der Waals surface area contributed by atoms with Gasteiger partial charge < -0.3 is 20.7 Å². The van der Waals surface area contributed by atoms with Gasteiger partial charge in [0, 0.05) is 11.8 Å². The summed E-state index contributed by atoms with van der Waals surface area (Å²) >= 11 is 0. The monoisotopic (exact) mass is 305 g/mol. The molecular formula is C12H17F2N3O4. The van der Waals surface area contributed by atoms with Gasteiger partial charge in [-0.25, -0.2) is 4.79 Å². The number of aliphatic hydroxyl groups is 2. The van der Waals surface area contributed by atoms with E-state index in [1.165, 1.54) is 6.92 Å². The van der Waals surface area contributed by atoms with Crippen molar-refractivity contribution in [2.24, 2.45) is 0 Å². The van der Waals surface area contributed by atoms with Crippen LogP contribution in [0.4, 0.5) is 14.6 Å². The van der Waals surface area contributed by atoms with Gasteiger partial charge in [-0.05, 0) is 13.3 Å². The van der Waals surface area contributed by atoms with Crippen molar-refractivity contribution in [2.45, 2.75) is 50.7 Å². The Kier molecular flexibility index (Phi) is 4.00. The van der Waals surface area contributed by atoms with E-state index in [1.54, 1.807) is 6.92 Å². The lowest BCUT2D eigenvalue weighted by Gasteiger charge is -2.21. The number of nitrogen functional groups attached to an aromatic ring is 1. The highest BCUT2D eigenvalue weighted by atomic mass is 19.3. The average molecular weight is 305 g/mol. The third-order valence-electron chi connectivity index (χ3n) is 3.49. The van der Waals surface area contributed by atoms with Gasteiger partial charge in [0.25, 0.3) is 0 Å². The Morgan fingerprint density at radius 2 is 2.24 bits per heavy atom. The Morgan fingerprint density at radius 3 is 2.71 bits per heavy atom. The third-order valence-corrected chi connectivity index (χ3v) is 3.49. The minimum atomic E-state index is -3.74. The number of aryl methyl sites for hydroxylation is 1. The first kappa shape index (κ1) is 15.8. The first-order valence-corrected chi connectivity index (χ1v) is 6.47. The highest BCUT2D eigenvalue weighted by Crippen LogP contribution is 2.43. The molecule has 9 heteroatoms. The number of halogens is 2. The Labute approximate surface area is 119 Å². The number of ether oxygens (including phenoxy) is 1. The second kappa shape index (κ2) is 5.32. The van der Waals surface area contributed by atoms with Crippen molar-refractivity contribution in [1.29, 1.82) is 0 Å². The van der Waals surface area contributed by atoms with Gasteiger partial charge in [-0.1, -0.05) is 6.92 Å². The largest absolute Gasteiger partial charge is 0.391 e. The van der Waals surface area contributed by atoms with Crippen LogP contribution in [0.3, 0.4) is 0 Å². The second-order valence-corrected chi connectivity index (χ2v) is 5.01. The van der Waals surface area contributed by atoms with Crippen LogP contribution in [0.25, 0.3) is 0 Å². The van der Waals surface area contributed by atoms with Crippen LogP contribution >= 0.6 is 0 Å². The molecule has 4 atom stereocenters. The SMILES string of the molecule is CCc1cn([C@@H]2OC([C@H](C)O)[C@@H](O)C2(F)F)c(=O)nc1N. The Morgan fingerprint density at radius 1 is 1.62 bits per heavy atom. The van der Waals surface area contributed by atoms with Gasteiger partial charge >= 0.3 is 11.6 Å². The molecule has 0 bridgehead atoms. The Hall–Kier alpha value is -1.58. The van der Waals surface area contributed by atoms with Crippen LogP contribution < -0.4 is 11.4 Å². The van der Waals surface area contributed by atoms with Gasteiger partial charge in [-0.3, -0.25) is 4.57 Å². The van der Waals surface area contributed by atoms with Crippen LogP contribution in [0.5, 0.6) is 0 Å². The number of alkyl halides is 2. The topological polar surface area (TPSA) is 111 Å². The number of aromatic nitrogens is 2. The van der Waals surface area contributed by atoms with Crippen LogP contribution in [-0.4, -0.2) is 44.0 Å². The quantitative estimate of drug-likeness (QED) is 0.705. The lowest BCUT2D eigenvalue weighted by Crippen LogP contribution is -2.43. The van der Waals surface area contributed by atoms with E-state index in [2.05, 4.69) is 4.98 Å². The summed E-state index contributed by atoms with van der Waals surface area (Å²) in [6.07, 6.45) is -5.56. The zero-order chi connectivity index (χ0) is 15.9. The molecule has 4 N–H and O–H groups in total. The fourth-order valence-corrected chi connectivity index (χ4v) is 2.27. The molecule has 0 aromatic carbocycles. The van der Waals surface area contributed by atoms with E-state index in [4.69, 9.17) is 10.5 Å². The predicted octanol–water partition coefficient (Wildman–Crippen LogP) is -0.338. The molecule has 1 fully saturated rings. The molecular weight excluding hydrogens is 288 g/mol. The van der Waals surface area contributed by atoms with Crippen molar-refractivity contribution in [1.82, 2.24) is 9.55 Å². The summed E-state index contributed by atoms with van der Waals surface area (Å²) in [4.78, 5) is 15.3. The molecule has 0 amide bonds. The zero-order valence-corrected chi connectivity index (χ0v) is 11.5. The maximum Gasteiger partial charge on any atom is 0.351 e. The molecule has 2 rings (SSSR count). The zero-order valence-electron chi connectivity index (χ0n) is 11.5. The summed E-state index contributed by atoms with van der Waals surface area (Å²) in [5, 5.41) is 19.0. The summed E-state index contributed by atoms with van der Waals surface area (Å²) < 4.78 is 33.8. The van der Waals surface area contributed by atoms with Crippen molar-refractivity contribution < 1.29 is 23.7 Å². The van der Waals surface area contributed by atoms with Crippen molar-refractivity contribution in [3.05, 3.63) is 22.2 Å². The van der Waals surface area contributed by atoms with Gasteiger partial charge in [0.2, 0.25) is 6.23 Å². The smallest absolute Gasteiger partial charge is 0.351 e. The molecule has 0 spiro atoms. The molecule has 118 valence electrons. The summed E-state index contributed by atoms with van der Waals surface area (Å²) in [7, 11) is 0. The van der Waals surface area contributed by atoms with E-state index in [0.29, 0.717) is 16.6 Å². The minimum absolute atomic E-state index is 0.0345. The number of rotatable bonds is 3. The molecule has 7 nitrogen and oxygen atoms in total. The molecule has 1 unspecified atom stereocenters. The van der Waals surface area contributed by atoms with Crippen LogP contribution in [0, 0.1) is 0 Å². The maximum absolute atomic E-state index is 14.1. The van der Waals surface area contributed by atoms with Crippen LogP contribution in [0.2, 0.25) is 0 Å². The lowest BCUT2D eigenvalue weighted by molar-refractivity contribution is -0.141. The molecule has 0 saturated carbocycles. The highest BCUT2D eigenvalue weighted by Gasteiger charge is 2.60. The standard InChI is InChI=1S/C12H17F2N3O4/c1-3-6-4-17(11(20)16-9(6)15)10-12(13,14)8(19)7(21-10)5(2)18/h4-5,7-8,10,18-19H,3H2,1-2H3,(H2,15,16,20)/t5-,7?,8+,10+/m0/s1. The molecule has 0 aliphatic carbocycles. The van der Waals surface area contributed by atoms with Crippen molar-refractivity contribution in [2.75, 3.05) is 5.73 Å². The van der Waals surface area contributed by atoms with E-state index >= 15 is 0 Å². The molecule has 1 saturated heterocycles. The normalized spacial score (nSPS) is 29.5. The average Bonchev–Trinajstić information content (AvgIpc) is 2.62. The molecule has 1 aromatic rings. The van der Waals surface area contributed by atoms with Crippen LogP contribution in [-0.2, 0) is 11.2 Å². The van der Waals surface area contributed by atoms with Gasteiger partial charge in [0.1, 0.15) is 11.9 Å². The predicted molar refractivity (Wildman–Crippen MR) is 68.8 cm³/mol. The summed E-state index contributed by atoms with van der Waals surface area (Å²) in [5.74, 6) is -3.78.